The maximum absolute atomic E-state index is 13.2. The highest BCUT2D eigenvalue weighted by Crippen LogP contribution is 2.48. The predicted molar refractivity (Wildman–Crippen MR) is 151 cm³/mol. The number of carbonyl (C=O) groups is 2. The van der Waals surface area contributed by atoms with Crippen molar-refractivity contribution in [1.29, 1.82) is 0 Å². The molecule has 0 aliphatic carbocycles. The summed E-state index contributed by atoms with van der Waals surface area (Å²) in [5.41, 5.74) is 1.98. The molecule has 2 amide bonds. The first-order valence-electron chi connectivity index (χ1n) is 13.3. The topological polar surface area (TPSA) is 79.3 Å². The zero-order valence-electron chi connectivity index (χ0n) is 22.2. The zero-order chi connectivity index (χ0) is 27.4. The number of carboxylic acids is 1. The Labute approximate surface area is 233 Å². The van der Waals surface area contributed by atoms with Crippen LogP contribution in [0.15, 0.2) is 91.0 Å². The first-order valence-corrected chi connectivity index (χ1v) is 14.3. The Morgan fingerprint density at radius 3 is 1.82 bits per heavy atom. The number of rotatable bonds is 11. The summed E-state index contributed by atoms with van der Waals surface area (Å²) in [7, 11) is 3.00. The molecule has 204 valence electrons. The van der Waals surface area contributed by atoms with Crippen LogP contribution in [0.1, 0.15) is 36.0 Å². The second kappa shape index (κ2) is 11.8. The van der Waals surface area contributed by atoms with Crippen LogP contribution in [-0.4, -0.2) is 64.5 Å². The number of carbonyl (C=O) groups excluding carboxylic acids is 1. The van der Waals surface area contributed by atoms with Crippen molar-refractivity contribution in [3.8, 4) is 0 Å². The van der Waals surface area contributed by atoms with Crippen LogP contribution in [0.2, 0.25) is 0 Å². The second-order valence-corrected chi connectivity index (χ2v) is 11.2. The van der Waals surface area contributed by atoms with Crippen molar-refractivity contribution in [2.75, 3.05) is 20.0 Å². The standard InChI is InChI=1S/C31H34N2O5S/c1-37-32-26-21-39-27(28(26)33(38-2)30(32)36)20-12-19-25(29(34)35)31(22-13-6-3-7-14-22,23-15-8-4-9-16-23)24-17-10-5-11-18-24/h3-11,13-18,25-28H,12,19-21H2,1-2H3,(H,34,35)/t25?,26-,27-,28-/m0/s1. The van der Waals surface area contributed by atoms with E-state index in [4.69, 9.17) is 9.68 Å². The van der Waals surface area contributed by atoms with Gasteiger partial charge >= 0.3 is 12.0 Å². The number of thioether (sulfide) groups is 1. The minimum atomic E-state index is -0.879. The van der Waals surface area contributed by atoms with E-state index in [0.29, 0.717) is 12.8 Å². The number of fused-ring (bicyclic) bond motifs is 1. The third-order valence-electron chi connectivity index (χ3n) is 8.09. The number of hydrogen-bond donors (Lipinski definition) is 1. The maximum Gasteiger partial charge on any atom is 0.368 e. The zero-order valence-corrected chi connectivity index (χ0v) is 23.0. The third kappa shape index (κ3) is 4.81. The van der Waals surface area contributed by atoms with Crippen LogP contribution in [0.5, 0.6) is 0 Å². The van der Waals surface area contributed by atoms with Gasteiger partial charge in [-0.15, -0.1) is 0 Å². The number of hydrogen-bond acceptors (Lipinski definition) is 5. The molecule has 4 atom stereocenters. The predicted octanol–water partition coefficient (Wildman–Crippen LogP) is 5.61. The van der Waals surface area contributed by atoms with Crippen LogP contribution in [0.3, 0.4) is 0 Å². The van der Waals surface area contributed by atoms with E-state index in [1.165, 1.54) is 24.3 Å². The molecule has 3 aromatic rings. The van der Waals surface area contributed by atoms with Gasteiger partial charge in [0.1, 0.15) is 0 Å². The molecule has 7 nitrogen and oxygen atoms in total. The molecule has 2 aliphatic rings. The molecule has 8 heteroatoms. The van der Waals surface area contributed by atoms with Gasteiger partial charge in [-0.25, -0.2) is 4.79 Å². The molecule has 2 fully saturated rings. The minimum Gasteiger partial charge on any atom is -0.481 e. The number of benzene rings is 3. The monoisotopic (exact) mass is 546 g/mol. The summed E-state index contributed by atoms with van der Waals surface area (Å²) in [4.78, 5) is 36.7. The van der Waals surface area contributed by atoms with Crippen LogP contribution in [0.25, 0.3) is 0 Å². The number of aliphatic carboxylic acids is 1. The molecule has 0 aromatic heterocycles. The Morgan fingerprint density at radius 2 is 1.38 bits per heavy atom. The van der Waals surface area contributed by atoms with Gasteiger partial charge in [0, 0.05) is 11.0 Å². The van der Waals surface area contributed by atoms with Crippen molar-refractivity contribution in [2.24, 2.45) is 5.92 Å². The van der Waals surface area contributed by atoms with Gasteiger partial charge in [-0.1, -0.05) is 97.4 Å². The van der Waals surface area contributed by atoms with E-state index < -0.39 is 17.3 Å². The molecule has 0 spiro atoms. The van der Waals surface area contributed by atoms with E-state index in [0.717, 1.165) is 28.9 Å². The summed E-state index contributed by atoms with van der Waals surface area (Å²) in [5, 5.41) is 13.7. The SMILES string of the molecule is CON1C(=O)N(OC)[C@H]2CS[C@@H](CCCC(C(=O)O)C(c3ccccc3)(c3ccccc3)c3ccccc3)[C@H]21. The van der Waals surface area contributed by atoms with Crippen molar-refractivity contribution in [1.82, 2.24) is 10.1 Å². The number of urea groups is 1. The van der Waals surface area contributed by atoms with Gasteiger partial charge in [-0.3, -0.25) is 14.5 Å². The van der Waals surface area contributed by atoms with Crippen LogP contribution in [0.4, 0.5) is 4.79 Å². The molecule has 1 unspecified atom stereocenters. The van der Waals surface area contributed by atoms with Crippen LogP contribution in [-0.2, 0) is 19.9 Å². The molecular weight excluding hydrogens is 512 g/mol. The molecule has 2 saturated heterocycles. The lowest BCUT2D eigenvalue weighted by Gasteiger charge is -2.41. The molecule has 2 heterocycles. The smallest absolute Gasteiger partial charge is 0.368 e. The normalized spacial score (nSPS) is 21.7. The average Bonchev–Trinajstić information content (AvgIpc) is 3.50. The molecule has 0 radical (unpaired) electrons. The highest BCUT2D eigenvalue weighted by molar-refractivity contribution is 8.00. The van der Waals surface area contributed by atoms with Crippen molar-refractivity contribution in [3.63, 3.8) is 0 Å². The summed E-state index contributed by atoms with van der Waals surface area (Å²) in [6, 6.07) is 29.4. The quantitative estimate of drug-likeness (QED) is 0.249. The Kier molecular flexibility index (Phi) is 8.26. The van der Waals surface area contributed by atoms with Crippen molar-refractivity contribution < 1.29 is 24.4 Å². The lowest BCUT2D eigenvalue weighted by molar-refractivity contribution is -0.143. The van der Waals surface area contributed by atoms with Gasteiger partial charge in [0.2, 0.25) is 0 Å². The molecule has 5 rings (SSSR count). The lowest BCUT2D eigenvalue weighted by atomic mass is 9.60. The van der Waals surface area contributed by atoms with Gasteiger partial charge < -0.3 is 5.11 Å². The molecule has 0 bridgehead atoms. The Morgan fingerprint density at radius 1 is 0.897 bits per heavy atom. The Bertz CT molecular complexity index is 1160. The van der Waals surface area contributed by atoms with Crippen LogP contribution >= 0.6 is 11.8 Å². The summed E-state index contributed by atoms with van der Waals surface area (Å²) in [5.74, 6) is -0.797. The largest absolute Gasteiger partial charge is 0.481 e. The molecule has 0 saturated carbocycles. The Balaban J connectivity index is 1.49. The summed E-state index contributed by atoms with van der Waals surface area (Å²) in [6.07, 6.45) is 1.91. The minimum absolute atomic E-state index is 0.0928. The first-order chi connectivity index (χ1) is 19.0. The van der Waals surface area contributed by atoms with E-state index in [2.05, 4.69) is 0 Å². The molecule has 1 N–H and O–H groups in total. The Hall–Kier alpha value is -3.33. The fraction of sp³-hybridized carbons (Fsp3) is 0.355. The van der Waals surface area contributed by atoms with E-state index in [-0.39, 0.29) is 23.4 Å². The van der Waals surface area contributed by atoms with Gasteiger partial charge in [0.25, 0.3) is 0 Å². The van der Waals surface area contributed by atoms with Gasteiger partial charge in [0.05, 0.1) is 37.6 Å². The van der Waals surface area contributed by atoms with E-state index >= 15 is 0 Å². The second-order valence-electron chi connectivity index (χ2n) is 9.96. The average molecular weight is 547 g/mol. The van der Waals surface area contributed by atoms with E-state index in [1.54, 1.807) is 11.8 Å². The van der Waals surface area contributed by atoms with Crippen LogP contribution in [0, 0.1) is 5.92 Å². The van der Waals surface area contributed by atoms with E-state index in [1.807, 2.05) is 91.0 Å². The van der Waals surface area contributed by atoms with Crippen molar-refractivity contribution >= 4 is 23.8 Å². The third-order valence-corrected chi connectivity index (χ3v) is 9.56. The summed E-state index contributed by atoms with van der Waals surface area (Å²) >= 11 is 1.79. The van der Waals surface area contributed by atoms with Crippen LogP contribution < -0.4 is 0 Å². The van der Waals surface area contributed by atoms with Crippen molar-refractivity contribution in [3.05, 3.63) is 108 Å². The molecule has 2 aliphatic heterocycles. The fourth-order valence-corrected chi connectivity index (χ4v) is 8.07. The highest BCUT2D eigenvalue weighted by Gasteiger charge is 2.55. The fourth-order valence-electron chi connectivity index (χ4n) is 6.47. The summed E-state index contributed by atoms with van der Waals surface area (Å²) in [6.45, 7) is 0. The number of hydroxylamine groups is 4. The number of carboxylic acid groups (broad SMARTS) is 1. The molecule has 3 aromatic carbocycles. The van der Waals surface area contributed by atoms with Gasteiger partial charge in [0.15, 0.2) is 0 Å². The molecule has 39 heavy (non-hydrogen) atoms. The maximum atomic E-state index is 13.2. The van der Waals surface area contributed by atoms with Gasteiger partial charge in [-0.2, -0.15) is 21.9 Å². The lowest BCUT2D eigenvalue weighted by Crippen LogP contribution is -2.43. The number of amides is 2. The van der Waals surface area contributed by atoms with Gasteiger partial charge in [-0.05, 0) is 29.5 Å². The van der Waals surface area contributed by atoms with E-state index in [9.17, 15) is 14.7 Å². The summed E-state index contributed by atoms with van der Waals surface area (Å²) < 4.78 is 0. The first kappa shape index (κ1) is 27.2. The van der Waals surface area contributed by atoms with Crippen molar-refractivity contribution in [2.45, 2.75) is 42.0 Å². The highest BCUT2D eigenvalue weighted by atomic mass is 32.2. The molecular formula is C31H34N2O5S. The number of nitrogens with zero attached hydrogens (tertiary/aromatic N) is 2.